The molecule has 96 valence electrons. The van der Waals surface area contributed by atoms with Gasteiger partial charge in [-0.1, -0.05) is 6.92 Å². The highest BCUT2D eigenvalue weighted by molar-refractivity contribution is 5.29. The van der Waals surface area contributed by atoms with Crippen molar-refractivity contribution in [2.75, 3.05) is 38.6 Å². The number of anilines is 1. The fraction of sp³-hybridized carbons (Fsp3) is 0.667. The maximum atomic E-state index is 8.95. The zero-order valence-corrected chi connectivity index (χ0v) is 10.9. The molecule has 0 radical (unpaired) electrons. The van der Waals surface area contributed by atoms with Crippen molar-refractivity contribution in [3.8, 4) is 0 Å². The molecule has 1 rings (SSSR count). The number of nitrogens with zero attached hydrogens (tertiary/aromatic N) is 4. The Balaban J connectivity index is 2.67. The monoisotopic (exact) mass is 238 g/mol. The minimum Gasteiger partial charge on any atom is -0.392 e. The molecule has 5 heteroatoms. The van der Waals surface area contributed by atoms with E-state index < -0.39 is 0 Å². The molecule has 0 spiro atoms. The topological polar surface area (TPSA) is 52.5 Å². The molecule has 0 atom stereocenters. The Kier molecular flexibility index (Phi) is 5.86. The smallest absolute Gasteiger partial charge is 0.225 e. The summed E-state index contributed by atoms with van der Waals surface area (Å²) < 4.78 is 0. The zero-order chi connectivity index (χ0) is 12.7. The highest BCUT2D eigenvalue weighted by Crippen LogP contribution is 2.07. The summed E-state index contributed by atoms with van der Waals surface area (Å²) in [6.07, 6.45) is 4.43. The third-order valence-electron chi connectivity index (χ3n) is 2.47. The second-order valence-electron chi connectivity index (χ2n) is 4.34. The lowest BCUT2D eigenvalue weighted by atomic mass is 10.3. The number of aliphatic hydroxyl groups is 1. The van der Waals surface area contributed by atoms with Crippen LogP contribution in [0.2, 0.25) is 0 Å². The summed E-state index contributed by atoms with van der Waals surface area (Å²) in [5, 5.41) is 8.95. The van der Waals surface area contributed by atoms with Crippen molar-refractivity contribution in [3.05, 3.63) is 18.0 Å². The Morgan fingerprint density at radius 3 is 2.24 bits per heavy atom. The molecule has 0 saturated heterocycles. The predicted octanol–water partition coefficient (Wildman–Crippen LogP) is 0.747. The van der Waals surface area contributed by atoms with Gasteiger partial charge >= 0.3 is 0 Å². The summed E-state index contributed by atoms with van der Waals surface area (Å²) in [6.45, 7) is 4.98. The molecular formula is C12H22N4O. The van der Waals surface area contributed by atoms with Crippen molar-refractivity contribution >= 4 is 5.95 Å². The van der Waals surface area contributed by atoms with E-state index in [1.54, 1.807) is 12.4 Å². The molecule has 17 heavy (non-hydrogen) atoms. The molecule has 1 aromatic heterocycles. The average molecular weight is 238 g/mol. The van der Waals surface area contributed by atoms with Crippen LogP contribution in [0.25, 0.3) is 0 Å². The van der Waals surface area contributed by atoms with Gasteiger partial charge in [0.2, 0.25) is 5.95 Å². The van der Waals surface area contributed by atoms with Crippen LogP contribution >= 0.6 is 0 Å². The van der Waals surface area contributed by atoms with Crippen LogP contribution in [0.5, 0.6) is 0 Å². The summed E-state index contributed by atoms with van der Waals surface area (Å²) in [4.78, 5) is 12.9. The molecule has 0 aliphatic heterocycles. The Morgan fingerprint density at radius 1 is 1.12 bits per heavy atom. The Hall–Kier alpha value is -1.20. The Bertz CT molecular complexity index is 313. The summed E-state index contributed by atoms with van der Waals surface area (Å²) in [6, 6.07) is 0. The van der Waals surface area contributed by atoms with E-state index >= 15 is 0 Å². The van der Waals surface area contributed by atoms with Gasteiger partial charge in [0.15, 0.2) is 0 Å². The number of aliphatic hydroxyl groups excluding tert-OH is 1. The molecular weight excluding hydrogens is 216 g/mol. The van der Waals surface area contributed by atoms with Crippen molar-refractivity contribution in [2.45, 2.75) is 20.0 Å². The van der Waals surface area contributed by atoms with Crippen LogP contribution in [0.15, 0.2) is 12.4 Å². The first-order chi connectivity index (χ1) is 8.17. The largest absolute Gasteiger partial charge is 0.392 e. The Labute approximate surface area is 103 Å². The van der Waals surface area contributed by atoms with Crippen molar-refractivity contribution in [1.82, 2.24) is 14.9 Å². The van der Waals surface area contributed by atoms with E-state index in [4.69, 9.17) is 5.11 Å². The molecule has 0 unspecified atom stereocenters. The van der Waals surface area contributed by atoms with E-state index in [0.717, 1.165) is 37.6 Å². The minimum atomic E-state index is -0.00818. The third kappa shape index (κ3) is 4.66. The van der Waals surface area contributed by atoms with Crippen molar-refractivity contribution in [2.24, 2.45) is 0 Å². The molecule has 1 heterocycles. The molecule has 0 fully saturated rings. The van der Waals surface area contributed by atoms with E-state index in [2.05, 4.69) is 40.8 Å². The molecule has 1 aromatic rings. The van der Waals surface area contributed by atoms with E-state index in [9.17, 15) is 0 Å². The van der Waals surface area contributed by atoms with Crippen LogP contribution in [0.3, 0.4) is 0 Å². The van der Waals surface area contributed by atoms with Crippen molar-refractivity contribution < 1.29 is 5.11 Å². The number of aromatic nitrogens is 2. The van der Waals surface area contributed by atoms with Crippen LogP contribution in [0.4, 0.5) is 5.95 Å². The lowest BCUT2D eigenvalue weighted by Crippen LogP contribution is -2.33. The normalized spacial score (nSPS) is 10.9. The number of hydrogen-bond acceptors (Lipinski definition) is 5. The van der Waals surface area contributed by atoms with Crippen LogP contribution in [0, 0.1) is 0 Å². The van der Waals surface area contributed by atoms with Gasteiger partial charge in [0.05, 0.1) is 6.61 Å². The molecule has 1 N–H and O–H groups in total. The standard InChI is InChI=1S/C12H22N4O/c1-4-5-16(7-6-15(2)3)12-13-8-11(10-17)9-14-12/h8-9,17H,4-7,10H2,1-3H3. The van der Waals surface area contributed by atoms with Gasteiger partial charge in [0.25, 0.3) is 0 Å². The number of rotatable bonds is 7. The fourth-order valence-corrected chi connectivity index (χ4v) is 1.50. The van der Waals surface area contributed by atoms with Gasteiger partial charge in [-0.25, -0.2) is 9.97 Å². The summed E-state index contributed by atoms with van der Waals surface area (Å²) >= 11 is 0. The van der Waals surface area contributed by atoms with Crippen LogP contribution < -0.4 is 4.90 Å². The van der Waals surface area contributed by atoms with Gasteiger partial charge in [-0.2, -0.15) is 0 Å². The second-order valence-corrected chi connectivity index (χ2v) is 4.34. The summed E-state index contributed by atoms with van der Waals surface area (Å²) in [5.41, 5.74) is 0.748. The van der Waals surface area contributed by atoms with Crippen LogP contribution in [-0.2, 0) is 6.61 Å². The van der Waals surface area contributed by atoms with Crippen molar-refractivity contribution in [3.63, 3.8) is 0 Å². The highest BCUT2D eigenvalue weighted by Gasteiger charge is 2.08. The lowest BCUT2D eigenvalue weighted by molar-refractivity contribution is 0.281. The number of likely N-dealkylation sites (N-methyl/N-ethyl adjacent to an activating group) is 1. The third-order valence-corrected chi connectivity index (χ3v) is 2.47. The van der Waals surface area contributed by atoms with Gasteiger partial charge in [-0.05, 0) is 20.5 Å². The predicted molar refractivity (Wildman–Crippen MR) is 69.0 cm³/mol. The highest BCUT2D eigenvalue weighted by atomic mass is 16.3. The van der Waals surface area contributed by atoms with E-state index in [1.807, 2.05) is 0 Å². The SMILES string of the molecule is CCCN(CCN(C)C)c1ncc(CO)cn1. The van der Waals surface area contributed by atoms with Gasteiger partial charge in [-0.3, -0.25) is 0 Å². The van der Waals surface area contributed by atoms with Gasteiger partial charge in [0, 0.05) is 37.6 Å². The summed E-state index contributed by atoms with van der Waals surface area (Å²) in [7, 11) is 4.11. The first-order valence-electron chi connectivity index (χ1n) is 5.98. The lowest BCUT2D eigenvalue weighted by Gasteiger charge is -2.23. The molecule has 0 aliphatic rings. The maximum Gasteiger partial charge on any atom is 0.225 e. The molecule has 0 amide bonds. The average Bonchev–Trinajstić information content (AvgIpc) is 2.34. The van der Waals surface area contributed by atoms with Crippen molar-refractivity contribution in [1.29, 1.82) is 0 Å². The molecule has 0 aliphatic carbocycles. The zero-order valence-electron chi connectivity index (χ0n) is 10.9. The summed E-state index contributed by atoms with van der Waals surface area (Å²) in [5.74, 6) is 0.742. The van der Waals surface area contributed by atoms with E-state index in [0.29, 0.717) is 0 Å². The second kappa shape index (κ2) is 7.19. The van der Waals surface area contributed by atoms with Crippen LogP contribution in [-0.4, -0.2) is 53.7 Å². The quantitative estimate of drug-likeness (QED) is 0.759. The molecule has 0 aromatic carbocycles. The number of hydrogen-bond donors (Lipinski definition) is 1. The maximum absolute atomic E-state index is 8.95. The van der Waals surface area contributed by atoms with Gasteiger partial charge < -0.3 is 14.9 Å². The molecule has 5 nitrogen and oxygen atoms in total. The van der Waals surface area contributed by atoms with Gasteiger partial charge in [0.1, 0.15) is 0 Å². The van der Waals surface area contributed by atoms with Crippen LogP contribution in [0.1, 0.15) is 18.9 Å². The molecule has 0 saturated carbocycles. The van der Waals surface area contributed by atoms with E-state index in [1.165, 1.54) is 0 Å². The first-order valence-corrected chi connectivity index (χ1v) is 5.98. The first kappa shape index (κ1) is 13.9. The Morgan fingerprint density at radius 2 is 1.76 bits per heavy atom. The fourth-order valence-electron chi connectivity index (χ4n) is 1.50. The minimum absolute atomic E-state index is 0.00818. The van der Waals surface area contributed by atoms with Gasteiger partial charge in [-0.15, -0.1) is 0 Å². The van der Waals surface area contributed by atoms with E-state index in [-0.39, 0.29) is 6.61 Å². The molecule has 0 bridgehead atoms.